The molecule has 6 unspecified atom stereocenters. The Morgan fingerprint density at radius 1 is 0.764 bits per heavy atom. The van der Waals surface area contributed by atoms with E-state index in [2.05, 4.69) is 21.3 Å². The Bertz CT molecular complexity index is 1360. The summed E-state index contributed by atoms with van der Waals surface area (Å²) in [4.78, 5) is 95.4. The van der Waals surface area contributed by atoms with Gasteiger partial charge in [-0.1, -0.05) is 58.3 Å². The molecule has 3 aliphatic rings. The number of ketones is 1. The Morgan fingerprint density at radius 3 is 1.84 bits per heavy atom. The maximum absolute atomic E-state index is 14.5. The van der Waals surface area contributed by atoms with Crippen molar-refractivity contribution in [3.05, 3.63) is 0 Å². The Kier molecular flexibility index (Phi) is 16.9. The van der Waals surface area contributed by atoms with Gasteiger partial charge in [0.2, 0.25) is 29.4 Å². The number of hydrogen-bond acceptors (Lipinski definition) is 9. The molecule has 3 rings (SSSR count). The van der Waals surface area contributed by atoms with E-state index in [4.69, 9.17) is 15.2 Å². The maximum Gasteiger partial charge on any atom is 0.408 e. The van der Waals surface area contributed by atoms with Crippen LogP contribution >= 0.6 is 0 Å². The number of hydrogen-bond donors (Lipinski definition) is 5. The van der Waals surface area contributed by atoms with Gasteiger partial charge in [-0.05, 0) is 92.4 Å². The number of rotatable bonds is 16. The molecule has 1 aliphatic heterocycles. The molecule has 55 heavy (non-hydrogen) atoms. The molecule has 15 nitrogen and oxygen atoms in total. The molecule has 2 saturated carbocycles. The van der Waals surface area contributed by atoms with E-state index in [9.17, 15) is 33.6 Å². The molecule has 3 fully saturated rings. The topological polar surface area (TPSA) is 215 Å². The largest absolute Gasteiger partial charge is 0.444 e. The number of likely N-dealkylation sites (tertiary alicyclic amines) is 1. The normalized spacial score (nSPS) is 22.1. The van der Waals surface area contributed by atoms with Crippen molar-refractivity contribution in [3.8, 4) is 0 Å². The van der Waals surface area contributed by atoms with Crippen LogP contribution in [-0.2, 0) is 38.2 Å². The van der Waals surface area contributed by atoms with Gasteiger partial charge in [-0.15, -0.1) is 0 Å². The predicted octanol–water partition coefficient (Wildman–Crippen LogP) is 3.54. The van der Waals surface area contributed by atoms with Crippen LogP contribution in [0.5, 0.6) is 0 Å². The third-order valence-electron chi connectivity index (χ3n) is 10.6. The van der Waals surface area contributed by atoms with Crippen molar-refractivity contribution in [2.24, 2.45) is 17.6 Å². The second-order valence-electron chi connectivity index (χ2n) is 17.7. The Morgan fingerprint density at radius 2 is 1.33 bits per heavy atom. The summed E-state index contributed by atoms with van der Waals surface area (Å²) < 4.78 is 11.8. The standard InChI is InChI=1S/C40H68N6O9/c1-9-10-21-28(32(47)36(51)42-24(2)34(49)44-30(33(41)48)25-17-13-11-14-18-25)43-35(50)29-22-27(54-39(3,4)5)23-46(29)37(52)31(26-19-15-12-16-20-26)45-38(53)55-40(6,7)8/h24-31H,9-23H2,1-8H3,(H2,41,48)(H,42,51)(H,43,50)(H,44,49)(H,45,53). The molecule has 1 saturated heterocycles. The van der Waals surface area contributed by atoms with Crippen LogP contribution in [0.4, 0.5) is 4.79 Å². The quantitative estimate of drug-likeness (QED) is 0.145. The highest BCUT2D eigenvalue weighted by Gasteiger charge is 2.46. The van der Waals surface area contributed by atoms with Gasteiger partial charge in [0.1, 0.15) is 29.8 Å². The molecular weight excluding hydrogens is 708 g/mol. The first-order valence-corrected chi connectivity index (χ1v) is 20.4. The van der Waals surface area contributed by atoms with Crippen LogP contribution in [-0.4, -0.2) is 100 Å². The SMILES string of the molecule is CCCCC(NC(=O)C1CC(OC(C)(C)C)CN1C(=O)C(NC(=O)OC(C)(C)C)C1CCCCC1)C(=O)C(=O)NC(C)C(=O)NC(C(N)=O)C1CCCCC1. The van der Waals surface area contributed by atoms with Crippen LogP contribution in [0.3, 0.4) is 0 Å². The van der Waals surface area contributed by atoms with E-state index in [0.29, 0.717) is 12.8 Å². The van der Waals surface area contributed by atoms with Crippen LogP contribution in [0, 0.1) is 11.8 Å². The molecule has 6 atom stereocenters. The van der Waals surface area contributed by atoms with Gasteiger partial charge in [-0.2, -0.15) is 0 Å². The van der Waals surface area contributed by atoms with Gasteiger partial charge >= 0.3 is 6.09 Å². The molecule has 15 heteroatoms. The highest BCUT2D eigenvalue weighted by molar-refractivity contribution is 6.38. The van der Waals surface area contributed by atoms with Crippen LogP contribution in [0.2, 0.25) is 0 Å². The van der Waals surface area contributed by atoms with Gasteiger partial charge in [-0.25, -0.2) is 4.79 Å². The molecule has 0 bridgehead atoms. The third-order valence-corrected chi connectivity index (χ3v) is 10.6. The van der Waals surface area contributed by atoms with Crippen LogP contribution in [0.25, 0.3) is 0 Å². The average Bonchev–Trinajstić information content (AvgIpc) is 3.52. The fraction of sp³-hybridized carbons (Fsp3) is 0.825. The van der Waals surface area contributed by atoms with Gasteiger partial charge in [0.15, 0.2) is 0 Å². The summed E-state index contributed by atoms with van der Waals surface area (Å²) in [7, 11) is 0. The molecule has 312 valence electrons. The van der Waals surface area contributed by atoms with E-state index >= 15 is 0 Å². The summed E-state index contributed by atoms with van der Waals surface area (Å²) in [5.74, 6) is -4.64. The van der Waals surface area contributed by atoms with Crippen molar-refractivity contribution in [3.63, 3.8) is 0 Å². The number of unbranched alkanes of at least 4 members (excludes halogenated alkanes) is 1. The smallest absolute Gasteiger partial charge is 0.408 e. The number of nitrogens with zero attached hydrogens (tertiary/aromatic N) is 1. The Balaban J connectivity index is 1.80. The Hall–Kier alpha value is -3.75. The van der Waals surface area contributed by atoms with Gasteiger partial charge in [-0.3, -0.25) is 28.8 Å². The van der Waals surface area contributed by atoms with E-state index in [0.717, 1.165) is 64.2 Å². The second-order valence-corrected chi connectivity index (χ2v) is 17.7. The summed E-state index contributed by atoms with van der Waals surface area (Å²) in [5, 5.41) is 10.7. The first kappa shape index (κ1) is 45.6. The predicted molar refractivity (Wildman–Crippen MR) is 206 cm³/mol. The lowest BCUT2D eigenvalue weighted by Crippen LogP contribution is -2.59. The number of alkyl carbamates (subject to hydrolysis) is 1. The van der Waals surface area contributed by atoms with Crippen molar-refractivity contribution in [2.45, 2.75) is 193 Å². The molecule has 2 aliphatic carbocycles. The first-order chi connectivity index (χ1) is 25.7. The summed E-state index contributed by atoms with van der Waals surface area (Å²) in [6.45, 7) is 14.3. The minimum absolute atomic E-state index is 0.0846. The van der Waals surface area contributed by atoms with E-state index < -0.39 is 88.9 Å². The van der Waals surface area contributed by atoms with Gasteiger partial charge in [0.05, 0.1) is 17.7 Å². The maximum atomic E-state index is 14.5. The number of nitrogens with two attached hydrogens (primary N) is 1. The number of carbonyl (C=O) groups is 7. The fourth-order valence-electron chi connectivity index (χ4n) is 7.94. The van der Waals surface area contributed by atoms with Crippen molar-refractivity contribution >= 4 is 41.4 Å². The van der Waals surface area contributed by atoms with Crippen molar-refractivity contribution < 1.29 is 43.0 Å². The molecule has 0 aromatic carbocycles. The summed E-state index contributed by atoms with van der Waals surface area (Å²) in [6, 6.07) is -5.29. The number of amides is 6. The van der Waals surface area contributed by atoms with Crippen molar-refractivity contribution in [2.75, 3.05) is 6.54 Å². The van der Waals surface area contributed by atoms with Crippen LogP contribution in [0.15, 0.2) is 0 Å². The monoisotopic (exact) mass is 777 g/mol. The molecule has 6 N–H and O–H groups in total. The van der Waals surface area contributed by atoms with E-state index in [-0.39, 0.29) is 31.2 Å². The lowest BCUT2D eigenvalue weighted by atomic mass is 9.83. The zero-order valence-corrected chi connectivity index (χ0v) is 34.4. The third kappa shape index (κ3) is 14.4. The molecule has 0 spiro atoms. The lowest BCUT2D eigenvalue weighted by Gasteiger charge is -2.35. The second kappa shape index (κ2) is 20.4. The zero-order chi connectivity index (χ0) is 41.1. The van der Waals surface area contributed by atoms with Crippen molar-refractivity contribution in [1.29, 1.82) is 0 Å². The fourth-order valence-corrected chi connectivity index (χ4v) is 7.94. The number of ether oxygens (including phenoxy) is 2. The van der Waals surface area contributed by atoms with Gasteiger partial charge in [0.25, 0.3) is 5.91 Å². The van der Waals surface area contributed by atoms with Crippen molar-refractivity contribution in [1.82, 2.24) is 26.2 Å². The number of Topliss-reactive ketones (excluding diaryl/α,β-unsaturated/α-hetero) is 1. The summed E-state index contributed by atoms with van der Waals surface area (Å²) >= 11 is 0. The number of primary amides is 1. The van der Waals surface area contributed by atoms with E-state index in [1.165, 1.54) is 11.8 Å². The summed E-state index contributed by atoms with van der Waals surface area (Å²) in [5.41, 5.74) is 4.24. The first-order valence-electron chi connectivity index (χ1n) is 20.4. The van der Waals surface area contributed by atoms with Crippen LogP contribution < -0.4 is 27.0 Å². The molecular formula is C40H68N6O9. The molecule has 1 heterocycles. The highest BCUT2D eigenvalue weighted by atomic mass is 16.6. The minimum Gasteiger partial charge on any atom is -0.444 e. The molecule has 0 aromatic rings. The average molecular weight is 777 g/mol. The zero-order valence-electron chi connectivity index (χ0n) is 34.4. The highest BCUT2D eigenvalue weighted by Crippen LogP contribution is 2.32. The van der Waals surface area contributed by atoms with Gasteiger partial charge in [0, 0.05) is 13.0 Å². The Labute approximate surface area is 327 Å². The lowest BCUT2D eigenvalue weighted by molar-refractivity contribution is -0.144. The number of carbonyl (C=O) groups excluding carboxylic acids is 7. The van der Waals surface area contributed by atoms with E-state index in [1.54, 1.807) is 20.8 Å². The minimum atomic E-state index is -1.24. The van der Waals surface area contributed by atoms with Crippen LogP contribution in [0.1, 0.15) is 145 Å². The number of nitrogens with one attached hydrogen (secondary N) is 4. The summed E-state index contributed by atoms with van der Waals surface area (Å²) in [6.07, 6.45) is 8.91. The molecule has 6 amide bonds. The molecule has 0 aromatic heterocycles. The molecule has 0 radical (unpaired) electrons. The van der Waals surface area contributed by atoms with E-state index in [1.807, 2.05) is 27.7 Å². The van der Waals surface area contributed by atoms with Gasteiger partial charge < -0.3 is 41.4 Å².